The molecule has 0 aliphatic carbocycles. The zero-order chi connectivity index (χ0) is 12.5. The van der Waals surface area contributed by atoms with Crippen molar-refractivity contribution in [1.29, 1.82) is 0 Å². The summed E-state index contributed by atoms with van der Waals surface area (Å²) >= 11 is 0. The fourth-order valence-corrected chi connectivity index (χ4v) is 1.65. The largest absolute Gasteiger partial charge is 0.465 e. The number of H-pyrrole nitrogens is 1. The van der Waals surface area contributed by atoms with Gasteiger partial charge in [0.25, 0.3) is 0 Å². The Labute approximate surface area is 101 Å². The van der Waals surface area contributed by atoms with Crippen LogP contribution in [0.15, 0.2) is 33.5 Å². The van der Waals surface area contributed by atoms with Crippen molar-refractivity contribution in [2.24, 2.45) is 0 Å². The zero-order valence-corrected chi connectivity index (χ0v) is 9.67. The van der Waals surface area contributed by atoms with Crippen LogP contribution in [-0.2, 0) is 6.54 Å². The van der Waals surface area contributed by atoms with Crippen molar-refractivity contribution in [3.63, 3.8) is 0 Å². The number of anilines is 1. The molecule has 0 aromatic carbocycles. The van der Waals surface area contributed by atoms with Gasteiger partial charge in [0, 0.05) is 0 Å². The zero-order valence-electron chi connectivity index (χ0n) is 9.67. The lowest BCUT2D eigenvalue weighted by Crippen LogP contribution is -2.13. The third-order valence-electron chi connectivity index (χ3n) is 2.51. The molecule has 0 spiro atoms. The van der Waals surface area contributed by atoms with Crippen LogP contribution in [0.25, 0.3) is 5.65 Å². The second kappa shape index (κ2) is 4.02. The minimum atomic E-state index is -0.359. The SMILES string of the molecule is Cc1ccc(CNc2ccc3n[nH]c(=O)n3n2)o1. The first kappa shape index (κ1) is 10.6. The van der Waals surface area contributed by atoms with Crippen LogP contribution in [0.2, 0.25) is 0 Å². The molecule has 3 aromatic heterocycles. The van der Waals surface area contributed by atoms with Crippen LogP contribution in [0.5, 0.6) is 0 Å². The average Bonchev–Trinajstić information content (AvgIpc) is 2.94. The molecule has 7 nitrogen and oxygen atoms in total. The first-order chi connectivity index (χ1) is 8.72. The topological polar surface area (TPSA) is 88.2 Å². The standard InChI is InChI=1S/C11H11N5O2/c1-7-2-3-8(18-7)6-12-9-4-5-10-13-14-11(17)16(10)15-9/h2-5H,6H2,1H3,(H,12,15)(H,14,17). The Kier molecular flexibility index (Phi) is 2.36. The van der Waals surface area contributed by atoms with Crippen molar-refractivity contribution < 1.29 is 4.42 Å². The molecule has 0 aliphatic rings. The van der Waals surface area contributed by atoms with Gasteiger partial charge < -0.3 is 9.73 Å². The van der Waals surface area contributed by atoms with Crippen LogP contribution in [0.4, 0.5) is 5.82 Å². The van der Waals surface area contributed by atoms with Gasteiger partial charge >= 0.3 is 5.69 Å². The molecule has 0 bridgehead atoms. The van der Waals surface area contributed by atoms with Gasteiger partial charge in [-0.2, -0.15) is 9.61 Å². The van der Waals surface area contributed by atoms with Crippen LogP contribution in [0.1, 0.15) is 11.5 Å². The van der Waals surface area contributed by atoms with E-state index in [1.807, 2.05) is 19.1 Å². The number of hydrogen-bond acceptors (Lipinski definition) is 5. The van der Waals surface area contributed by atoms with E-state index in [2.05, 4.69) is 20.6 Å². The highest BCUT2D eigenvalue weighted by Gasteiger charge is 2.03. The molecular weight excluding hydrogens is 234 g/mol. The van der Waals surface area contributed by atoms with Gasteiger partial charge in [-0.15, -0.1) is 5.10 Å². The van der Waals surface area contributed by atoms with Crippen LogP contribution in [0, 0.1) is 6.92 Å². The minimum Gasteiger partial charge on any atom is -0.465 e. The molecule has 0 aliphatic heterocycles. The van der Waals surface area contributed by atoms with Crippen molar-refractivity contribution in [3.8, 4) is 0 Å². The van der Waals surface area contributed by atoms with Crippen molar-refractivity contribution in [2.75, 3.05) is 5.32 Å². The Morgan fingerprint density at radius 3 is 3.06 bits per heavy atom. The number of aromatic nitrogens is 4. The van der Waals surface area contributed by atoms with Crippen LogP contribution in [0.3, 0.4) is 0 Å². The smallest absolute Gasteiger partial charge is 0.364 e. The fourth-order valence-electron chi connectivity index (χ4n) is 1.65. The Hall–Kier alpha value is -2.57. The van der Waals surface area contributed by atoms with E-state index >= 15 is 0 Å². The summed E-state index contributed by atoms with van der Waals surface area (Å²) in [6.45, 7) is 2.40. The number of nitrogens with zero attached hydrogens (tertiary/aromatic N) is 3. The predicted molar refractivity (Wildman–Crippen MR) is 64.4 cm³/mol. The van der Waals surface area contributed by atoms with E-state index in [0.29, 0.717) is 18.0 Å². The van der Waals surface area contributed by atoms with Gasteiger partial charge in [0.15, 0.2) is 5.65 Å². The summed E-state index contributed by atoms with van der Waals surface area (Å²) in [6, 6.07) is 7.26. The normalized spacial score (nSPS) is 10.9. The van der Waals surface area contributed by atoms with Crippen molar-refractivity contribution >= 4 is 11.5 Å². The lowest BCUT2D eigenvalue weighted by Gasteiger charge is -2.02. The third kappa shape index (κ3) is 1.86. The van der Waals surface area contributed by atoms with Crippen LogP contribution < -0.4 is 11.0 Å². The summed E-state index contributed by atoms with van der Waals surface area (Å²) in [7, 11) is 0. The molecule has 3 heterocycles. The second-order valence-corrected chi connectivity index (χ2v) is 3.88. The number of rotatable bonds is 3. The van der Waals surface area contributed by atoms with Crippen LogP contribution >= 0.6 is 0 Å². The van der Waals surface area contributed by atoms with E-state index in [4.69, 9.17) is 4.42 Å². The Balaban J connectivity index is 1.82. The predicted octanol–water partition coefficient (Wildman–Crippen LogP) is 0.931. The molecule has 0 atom stereocenters. The second-order valence-electron chi connectivity index (χ2n) is 3.88. The molecule has 0 unspecified atom stereocenters. The van der Waals surface area contributed by atoms with Gasteiger partial charge in [0.2, 0.25) is 0 Å². The molecule has 92 valence electrons. The molecule has 18 heavy (non-hydrogen) atoms. The summed E-state index contributed by atoms with van der Waals surface area (Å²) in [5.74, 6) is 2.26. The highest BCUT2D eigenvalue weighted by Crippen LogP contribution is 2.09. The first-order valence-electron chi connectivity index (χ1n) is 5.46. The molecule has 3 rings (SSSR count). The summed E-state index contributed by atoms with van der Waals surface area (Å²) in [6.07, 6.45) is 0. The molecule has 2 N–H and O–H groups in total. The Bertz CT molecular complexity index is 739. The van der Waals surface area contributed by atoms with Gasteiger partial charge in [0.1, 0.15) is 17.3 Å². The molecule has 3 aromatic rings. The van der Waals surface area contributed by atoms with Crippen molar-refractivity contribution in [1.82, 2.24) is 19.8 Å². The van der Waals surface area contributed by atoms with Crippen molar-refractivity contribution in [3.05, 3.63) is 46.3 Å². The van der Waals surface area contributed by atoms with Gasteiger partial charge in [0.05, 0.1) is 6.54 Å². The summed E-state index contributed by atoms with van der Waals surface area (Å²) in [5.41, 5.74) is 0.127. The molecule has 7 heteroatoms. The van der Waals surface area contributed by atoms with E-state index in [9.17, 15) is 4.79 Å². The number of furan rings is 1. The Morgan fingerprint density at radius 1 is 1.39 bits per heavy atom. The van der Waals surface area contributed by atoms with Gasteiger partial charge in [-0.25, -0.2) is 9.89 Å². The molecule has 0 saturated heterocycles. The molecule has 0 saturated carbocycles. The van der Waals surface area contributed by atoms with Gasteiger partial charge in [-0.3, -0.25) is 0 Å². The maximum Gasteiger partial charge on any atom is 0.364 e. The van der Waals surface area contributed by atoms with Gasteiger partial charge in [-0.1, -0.05) is 0 Å². The molecular formula is C11H11N5O2. The molecule has 0 amide bonds. The van der Waals surface area contributed by atoms with E-state index in [0.717, 1.165) is 11.5 Å². The number of hydrogen-bond donors (Lipinski definition) is 2. The maximum absolute atomic E-state index is 11.3. The summed E-state index contributed by atoms with van der Waals surface area (Å²) in [5, 5.41) is 13.3. The number of fused-ring (bicyclic) bond motifs is 1. The van der Waals surface area contributed by atoms with Crippen LogP contribution in [-0.4, -0.2) is 19.8 Å². The Morgan fingerprint density at radius 2 is 2.28 bits per heavy atom. The lowest BCUT2D eigenvalue weighted by molar-refractivity contribution is 0.490. The quantitative estimate of drug-likeness (QED) is 0.716. The maximum atomic E-state index is 11.3. The third-order valence-corrected chi connectivity index (χ3v) is 2.51. The molecule has 0 fully saturated rings. The highest BCUT2D eigenvalue weighted by molar-refractivity contribution is 5.43. The minimum absolute atomic E-state index is 0.359. The molecule has 0 radical (unpaired) electrons. The highest BCUT2D eigenvalue weighted by atomic mass is 16.3. The average molecular weight is 245 g/mol. The van der Waals surface area contributed by atoms with E-state index in [1.54, 1.807) is 12.1 Å². The van der Waals surface area contributed by atoms with E-state index < -0.39 is 0 Å². The monoisotopic (exact) mass is 245 g/mol. The summed E-state index contributed by atoms with van der Waals surface area (Å²) < 4.78 is 6.63. The van der Waals surface area contributed by atoms with E-state index in [1.165, 1.54) is 4.52 Å². The summed E-state index contributed by atoms with van der Waals surface area (Å²) in [4.78, 5) is 11.3. The van der Waals surface area contributed by atoms with Crippen molar-refractivity contribution in [2.45, 2.75) is 13.5 Å². The number of aryl methyl sites for hydroxylation is 1. The lowest BCUT2D eigenvalue weighted by atomic mass is 10.4. The van der Waals surface area contributed by atoms with E-state index in [-0.39, 0.29) is 5.69 Å². The first-order valence-corrected chi connectivity index (χ1v) is 5.46. The fraction of sp³-hybridized carbons (Fsp3) is 0.182. The number of nitrogens with one attached hydrogen (secondary N) is 2. The van der Waals surface area contributed by atoms with Gasteiger partial charge in [-0.05, 0) is 31.2 Å². The number of aromatic amines is 1.